The number of hydrogen-bond donors (Lipinski definition) is 2. The molecule has 0 aliphatic heterocycles. The minimum Gasteiger partial charge on any atom is -0.326 e. The molecule has 1 aromatic rings. The van der Waals surface area contributed by atoms with Crippen LogP contribution in [-0.2, 0) is 29.5 Å². The quantitative estimate of drug-likeness (QED) is 0.715. The van der Waals surface area contributed by atoms with Crippen molar-refractivity contribution in [1.29, 1.82) is 0 Å². The van der Waals surface area contributed by atoms with Crippen LogP contribution < -0.4 is 10.5 Å². The fraction of sp³-hybridized carbons (Fsp3) is 0.538. The van der Waals surface area contributed by atoms with E-state index in [1.54, 1.807) is 4.72 Å². The predicted octanol–water partition coefficient (Wildman–Crippen LogP) is 2.38. The predicted molar refractivity (Wildman–Crippen MR) is 74.8 cm³/mol. The summed E-state index contributed by atoms with van der Waals surface area (Å²) in [6, 6.07) is 10.7. The molecule has 1 aliphatic rings. The first-order valence-electron chi connectivity index (χ1n) is 6.58. The summed E-state index contributed by atoms with van der Waals surface area (Å²) in [4.78, 5) is 0. The number of halogens is 3. The third kappa shape index (κ3) is 7.18. The summed E-state index contributed by atoms with van der Waals surface area (Å²) in [7, 11) is -5.26. The summed E-state index contributed by atoms with van der Waals surface area (Å²) in [6.07, 6.45) is 2.42. The van der Waals surface area contributed by atoms with Gasteiger partial charge in [-0.05, 0) is 12.8 Å². The van der Waals surface area contributed by atoms with Gasteiger partial charge in [0.2, 0.25) is 0 Å². The van der Waals surface area contributed by atoms with Crippen molar-refractivity contribution in [3.05, 3.63) is 36.4 Å². The van der Waals surface area contributed by atoms with Gasteiger partial charge in [-0.25, -0.2) is 13.1 Å². The molecule has 1 aliphatic carbocycles. The van der Waals surface area contributed by atoms with Crippen molar-refractivity contribution in [1.82, 2.24) is 4.72 Å². The molecule has 1 saturated carbocycles. The summed E-state index contributed by atoms with van der Waals surface area (Å²) in [5.74, 6) is 0. The van der Waals surface area contributed by atoms with Crippen molar-refractivity contribution >= 4 is 10.0 Å². The first-order valence-corrected chi connectivity index (χ1v) is 8.06. The maximum Gasteiger partial charge on any atom is 0.511 e. The van der Waals surface area contributed by atoms with Crippen molar-refractivity contribution in [2.45, 2.75) is 43.3 Å². The van der Waals surface area contributed by atoms with Crippen LogP contribution in [0.25, 0.3) is 0 Å². The molecule has 0 amide bonds. The van der Waals surface area contributed by atoms with Crippen molar-refractivity contribution < 1.29 is 41.1 Å². The number of nitrogens with two attached hydrogens (primary N) is 1. The van der Waals surface area contributed by atoms with Gasteiger partial charge < -0.3 is 5.73 Å². The van der Waals surface area contributed by atoms with Crippen LogP contribution in [0.3, 0.4) is 0 Å². The molecule has 128 valence electrons. The summed E-state index contributed by atoms with van der Waals surface area (Å²) in [5.41, 5.74) is 0.275. The molecule has 2 atom stereocenters. The Hall–Kier alpha value is -0.497. The number of benzene rings is 1. The fourth-order valence-electron chi connectivity index (χ4n) is 1.96. The van der Waals surface area contributed by atoms with Crippen LogP contribution >= 0.6 is 0 Å². The monoisotopic (exact) mass is 426 g/mol. The molecule has 0 saturated heterocycles. The normalized spacial score (nSPS) is 22.0. The number of sulfonamides is 1. The van der Waals surface area contributed by atoms with E-state index in [0.29, 0.717) is 19.3 Å². The molecule has 0 bridgehead atoms. The third-order valence-electron chi connectivity index (χ3n) is 3.10. The van der Waals surface area contributed by atoms with Gasteiger partial charge in [-0.3, -0.25) is 0 Å². The summed E-state index contributed by atoms with van der Waals surface area (Å²) in [5, 5.41) is 0. The average molecular weight is 425 g/mol. The van der Waals surface area contributed by atoms with Gasteiger partial charge >= 0.3 is 15.5 Å². The van der Waals surface area contributed by atoms with Crippen LogP contribution in [0.4, 0.5) is 13.2 Å². The summed E-state index contributed by atoms with van der Waals surface area (Å²) >= 11 is 0. The second-order valence-corrected chi connectivity index (χ2v) is 6.48. The van der Waals surface area contributed by atoms with Crippen molar-refractivity contribution in [2.75, 3.05) is 0 Å². The molecule has 1 aromatic carbocycles. The minimum absolute atomic E-state index is 0. The zero-order valence-electron chi connectivity index (χ0n) is 11.7. The molecule has 0 spiro atoms. The Morgan fingerprint density at radius 2 is 1.36 bits per heavy atom. The van der Waals surface area contributed by atoms with Gasteiger partial charge in [0.05, 0.1) is 0 Å². The van der Waals surface area contributed by atoms with Gasteiger partial charge in [0.15, 0.2) is 0 Å². The zero-order valence-corrected chi connectivity index (χ0v) is 14.3. The van der Waals surface area contributed by atoms with E-state index in [9.17, 15) is 21.6 Å². The molecule has 0 unspecified atom stereocenters. The molecule has 9 heteroatoms. The molecular weight excluding hydrogens is 406 g/mol. The van der Waals surface area contributed by atoms with Crippen LogP contribution in [0.5, 0.6) is 0 Å². The molecule has 2 rings (SSSR count). The SMILES string of the molecule is N[C@H]1CCCC[C@@H]1NS(=O)(=O)C(F)(F)F.[Ru].c1ccccc1. The Labute approximate surface area is 141 Å². The second kappa shape index (κ2) is 9.60. The Kier molecular flexibility index (Phi) is 9.38. The number of alkyl halides is 3. The molecule has 4 nitrogen and oxygen atoms in total. The van der Waals surface area contributed by atoms with Crippen LogP contribution in [0.15, 0.2) is 36.4 Å². The number of hydrogen-bond acceptors (Lipinski definition) is 3. The largest absolute Gasteiger partial charge is 0.511 e. The Morgan fingerprint density at radius 3 is 1.73 bits per heavy atom. The zero-order chi connectivity index (χ0) is 15.9. The second-order valence-electron chi connectivity index (χ2n) is 4.78. The minimum atomic E-state index is -5.26. The molecule has 0 heterocycles. The average Bonchev–Trinajstić information content (AvgIpc) is 2.43. The smallest absolute Gasteiger partial charge is 0.326 e. The maximum absolute atomic E-state index is 12.0. The number of rotatable bonds is 2. The Morgan fingerprint density at radius 1 is 0.955 bits per heavy atom. The topological polar surface area (TPSA) is 72.2 Å². The molecule has 0 aromatic heterocycles. The van der Waals surface area contributed by atoms with E-state index >= 15 is 0 Å². The first-order chi connectivity index (χ1) is 9.74. The van der Waals surface area contributed by atoms with Gasteiger partial charge in [0.25, 0.3) is 0 Å². The van der Waals surface area contributed by atoms with E-state index in [2.05, 4.69) is 0 Å². The van der Waals surface area contributed by atoms with Crippen LogP contribution in [0.2, 0.25) is 0 Å². The fourth-order valence-corrected chi connectivity index (χ4v) is 2.78. The maximum atomic E-state index is 12.0. The van der Waals surface area contributed by atoms with Gasteiger partial charge in [0, 0.05) is 31.6 Å². The van der Waals surface area contributed by atoms with Gasteiger partial charge in [-0.2, -0.15) is 13.2 Å². The van der Waals surface area contributed by atoms with E-state index in [4.69, 9.17) is 5.73 Å². The van der Waals surface area contributed by atoms with Crippen molar-refractivity contribution in [3.8, 4) is 0 Å². The van der Waals surface area contributed by atoms with E-state index in [-0.39, 0.29) is 19.5 Å². The molecule has 0 radical (unpaired) electrons. The van der Waals surface area contributed by atoms with Gasteiger partial charge in [-0.1, -0.05) is 49.2 Å². The molecule has 3 N–H and O–H groups in total. The van der Waals surface area contributed by atoms with Gasteiger partial charge in [0.1, 0.15) is 0 Å². The summed E-state index contributed by atoms with van der Waals surface area (Å²) in [6.45, 7) is 0. The van der Waals surface area contributed by atoms with Gasteiger partial charge in [-0.15, -0.1) is 0 Å². The third-order valence-corrected chi connectivity index (χ3v) is 4.32. The van der Waals surface area contributed by atoms with Crippen LogP contribution in [0, 0.1) is 0 Å². The van der Waals surface area contributed by atoms with Crippen molar-refractivity contribution in [2.24, 2.45) is 5.73 Å². The van der Waals surface area contributed by atoms with E-state index in [1.807, 2.05) is 36.4 Å². The molecular formula is C13H19F3N2O2RuS. The van der Waals surface area contributed by atoms with E-state index in [0.717, 1.165) is 6.42 Å². The first kappa shape index (κ1) is 21.5. The Bertz CT molecular complexity index is 485. The molecule has 1 fully saturated rings. The van der Waals surface area contributed by atoms with Crippen LogP contribution in [0.1, 0.15) is 25.7 Å². The van der Waals surface area contributed by atoms with Crippen molar-refractivity contribution in [3.63, 3.8) is 0 Å². The standard InChI is InChI=1S/C7H13F3N2O2S.C6H6.Ru/c8-7(9,10)15(13,14)12-6-4-2-1-3-5(6)11;1-2-4-6-5-3-1;/h5-6,12H,1-4,11H2;1-6H;/t5-,6-;;/m0../s1. The van der Waals surface area contributed by atoms with E-state index in [1.165, 1.54) is 0 Å². The van der Waals surface area contributed by atoms with E-state index < -0.39 is 27.6 Å². The Balaban J connectivity index is 0.000000529. The molecule has 22 heavy (non-hydrogen) atoms. The summed E-state index contributed by atoms with van der Waals surface area (Å²) < 4.78 is 59.2. The van der Waals surface area contributed by atoms with Crippen LogP contribution in [-0.4, -0.2) is 26.0 Å². The number of nitrogens with one attached hydrogen (secondary N) is 1.